The molecule has 76 valence electrons. The lowest BCUT2D eigenvalue weighted by atomic mass is 10.1. The maximum absolute atomic E-state index is 11.2. The molecule has 13 heavy (non-hydrogen) atoms. The lowest BCUT2D eigenvalue weighted by Gasteiger charge is -2.27. The fourth-order valence-corrected chi connectivity index (χ4v) is 3.44. The molecule has 3 nitrogen and oxygen atoms in total. The topological polar surface area (TPSA) is 46.2 Å². The van der Waals surface area contributed by atoms with E-state index in [2.05, 4.69) is 5.32 Å². The minimum Gasteiger partial charge on any atom is -0.314 e. The Morgan fingerprint density at radius 1 is 1.46 bits per heavy atom. The Balaban J connectivity index is 1.81. The molecule has 1 aliphatic heterocycles. The summed E-state index contributed by atoms with van der Waals surface area (Å²) < 4.78 is 22.4. The summed E-state index contributed by atoms with van der Waals surface area (Å²) in [5.41, 5.74) is 0.311. The molecule has 2 rings (SSSR count). The van der Waals surface area contributed by atoms with Gasteiger partial charge in [-0.15, -0.1) is 0 Å². The number of sulfone groups is 1. The van der Waals surface area contributed by atoms with Crippen molar-refractivity contribution in [3.05, 3.63) is 0 Å². The summed E-state index contributed by atoms with van der Waals surface area (Å²) in [5, 5.41) is 3.27. The van der Waals surface area contributed by atoms with E-state index in [1.54, 1.807) is 0 Å². The van der Waals surface area contributed by atoms with Gasteiger partial charge in [-0.05, 0) is 39.2 Å². The number of hydrogen-bond donors (Lipinski definition) is 1. The molecule has 0 bridgehead atoms. The van der Waals surface area contributed by atoms with Crippen LogP contribution in [0.25, 0.3) is 0 Å². The van der Waals surface area contributed by atoms with Gasteiger partial charge in [0.1, 0.15) is 0 Å². The molecule has 0 aromatic rings. The molecule has 1 N–H and O–H groups in total. The van der Waals surface area contributed by atoms with Gasteiger partial charge < -0.3 is 5.32 Å². The van der Waals surface area contributed by atoms with Crippen LogP contribution < -0.4 is 5.32 Å². The van der Waals surface area contributed by atoms with Gasteiger partial charge in [-0.25, -0.2) is 8.42 Å². The van der Waals surface area contributed by atoms with Gasteiger partial charge in [-0.1, -0.05) is 0 Å². The van der Waals surface area contributed by atoms with Crippen LogP contribution in [0.2, 0.25) is 0 Å². The van der Waals surface area contributed by atoms with Gasteiger partial charge in [-0.2, -0.15) is 0 Å². The zero-order valence-electron chi connectivity index (χ0n) is 8.04. The molecule has 1 saturated heterocycles. The minimum atomic E-state index is -2.65. The zero-order chi connectivity index (χ0) is 9.53. The Hall–Kier alpha value is -0.0900. The summed E-state index contributed by atoms with van der Waals surface area (Å²) in [7, 11) is -0.678. The van der Waals surface area contributed by atoms with E-state index in [1.165, 1.54) is 12.8 Å². The van der Waals surface area contributed by atoms with Gasteiger partial charge in [0.2, 0.25) is 0 Å². The highest BCUT2D eigenvalue weighted by Gasteiger charge is 2.43. The molecule has 1 saturated carbocycles. The van der Waals surface area contributed by atoms with Crippen molar-refractivity contribution < 1.29 is 8.42 Å². The van der Waals surface area contributed by atoms with Crippen molar-refractivity contribution in [2.75, 3.05) is 12.8 Å². The van der Waals surface area contributed by atoms with Crippen molar-refractivity contribution in [2.24, 2.45) is 0 Å². The lowest BCUT2D eigenvalue weighted by Crippen LogP contribution is -2.38. The standard InChI is InChI=1S/C9H17NO2S/c1-10-9(5-6-9)4-2-8-3-7-13(8,11)12/h8,10H,2-7H2,1H3. The maximum atomic E-state index is 11.2. The van der Waals surface area contributed by atoms with Crippen LogP contribution in [-0.4, -0.2) is 32.0 Å². The number of hydrogen-bond acceptors (Lipinski definition) is 3. The lowest BCUT2D eigenvalue weighted by molar-refractivity contribution is 0.459. The summed E-state index contributed by atoms with van der Waals surface area (Å²) in [4.78, 5) is 0. The van der Waals surface area contributed by atoms with E-state index in [0.29, 0.717) is 11.3 Å². The smallest absolute Gasteiger partial charge is 0.153 e. The van der Waals surface area contributed by atoms with E-state index in [1.807, 2.05) is 7.05 Å². The first-order valence-electron chi connectivity index (χ1n) is 4.98. The average Bonchev–Trinajstić information content (AvgIpc) is 2.84. The summed E-state index contributed by atoms with van der Waals surface area (Å²) in [6.07, 6.45) is 5.23. The Labute approximate surface area is 79.8 Å². The van der Waals surface area contributed by atoms with Crippen molar-refractivity contribution in [1.82, 2.24) is 5.32 Å². The van der Waals surface area contributed by atoms with Gasteiger partial charge in [0.05, 0.1) is 11.0 Å². The summed E-state index contributed by atoms with van der Waals surface area (Å²) in [6, 6.07) is 0. The van der Waals surface area contributed by atoms with Crippen LogP contribution in [0, 0.1) is 0 Å². The molecule has 0 radical (unpaired) electrons. The van der Waals surface area contributed by atoms with Gasteiger partial charge in [0.15, 0.2) is 9.84 Å². The van der Waals surface area contributed by atoms with Crippen molar-refractivity contribution in [2.45, 2.75) is 42.9 Å². The van der Waals surface area contributed by atoms with E-state index in [0.717, 1.165) is 19.3 Å². The Morgan fingerprint density at radius 2 is 2.15 bits per heavy atom. The highest BCUT2D eigenvalue weighted by atomic mass is 32.2. The normalized spacial score (nSPS) is 33.8. The van der Waals surface area contributed by atoms with Gasteiger partial charge in [-0.3, -0.25) is 0 Å². The molecule has 1 heterocycles. The van der Waals surface area contributed by atoms with Gasteiger partial charge >= 0.3 is 0 Å². The molecule has 2 fully saturated rings. The zero-order valence-corrected chi connectivity index (χ0v) is 8.86. The molecule has 0 aromatic heterocycles. The second-order valence-corrected chi connectivity index (χ2v) is 6.75. The van der Waals surface area contributed by atoms with Gasteiger partial charge in [0.25, 0.3) is 0 Å². The third-order valence-corrected chi connectivity index (χ3v) is 5.85. The molecule has 0 aromatic carbocycles. The minimum absolute atomic E-state index is 0.0154. The summed E-state index contributed by atoms with van der Waals surface area (Å²) >= 11 is 0. The molecule has 4 heteroatoms. The first kappa shape index (κ1) is 9.46. The summed E-state index contributed by atoms with van der Waals surface area (Å²) in [5.74, 6) is 0.421. The molecule has 1 atom stereocenters. The van der Waals surface area contributed by atoms with Crippen LogP contribution >= 0.6 is 0 Å². The fourth-order valence-electron chi connectivity index (χ4n) is 2.01. The molecule has 0 spiro atoms. The van der Waals surface area contributed by atoms with Crippen molar-refractivity contribution in [3.63, 3.8) is 0 Å². The third-order valence-electron chi connectivity index (χ3n) is 3.56. The average molecular weight is 203 g/mol. The summed E-state index contributed by atoms with van der Waals surface area (Å²) in [6.45, 7) is 0. The quantitative estimate of drug-likeness (QED) is 0.732. The van der Waals surface area contributed by atoms with E-state index in [-0.39, 0.29) is 5.25 Å². The number of rotatable bonds is 4. The molecule has 1 aliphatic carbocycles. The Morgan fingerprint density at radius 3 is 2.46 bits per heavy atom. The number of nitrogens with one attached hydrogen (secondary N) is 1. The van der Waals surface area contributed by atoms with E-state index < -0.39 is 9.84 Å². The molecular weight excluding hydrogens is 186 g/mol. The SMILES string of the molecule is CNC1(CCC2CCS2(=O)=O)CC1. The second kappa shape index (κ2) is 2.95. The van der Waals surface area contributed by atoms with Crippen LogP contribution in [0.5, 0.6) is 0 Å². The second-order valence-electron chi connectivity index (χ2n) is 4.35. The molecule has 1 unspecified atom stereocenters. The van der Waals surface area contributed by atoms with Crippen molar-refractivity contribution in [3.8, 4) is 0 Å². The first-order chi connectivity index (χ1) is 6.08. The highest BCUT2D eigenvalue weighted by Crippen LogP contribution is 2.41. The predicted molar refractivity (Wildman–Crippen MR) is 52.5 cm³/mol. The van der Waals surface area contributed by atoms with Crippen LogP contribution in [0.4, 0.5) is 0 Å². The van der Waals surface area contributed by atoms with Crippen LogP contribution in [0.3, 0.4) is 0 Å². The first-order valence-corrected chi connectivity index (χ1v) is 6.70. The van der Waals surface area contributed by atoms with Crippen LogP contribution in [0.1, 0.15) is 32.1 Å². The maximum Gasteiger partial charge on any atom is 0.153 e. The van der Waals surface area contributed by atoms with E-state index >= 15 is 0 Å². The third kappa shape index (κ3) is 1.74. The fraction of sp³-hybridized carbons (Fsp3) is 1.00. The van der Waals surface area contributed by atoms with Crippen LogP contribution in [0.15, 0.2) is 0 Å². The van der Waals surface area contributed by atoms with Crippen LogP contribution in [-0.2, 0) is 9.84 Å². The van der Waals surface area contributed by atoms with Crippen molar-refractivity contribution in [1.29, 1.82) is 0 Å². The van der Waals surface area contributed by atoms with Gasteiger partial charge in [0, 0.05) is 5.54 Å². The Kier molecular flexibility index (Phi) is 2.15. The Bertz CT molecular complexity index is 293. The largest absolute Gasteiger partial charge is 0.314 e. The molecule has 2 aliphatic rings. The van der Waals surface area contributed by atoms with Crippen molar-refractivity contribution >= 4 is 9.84 Å². The van der Waals surface area contributed by atoms with E-state index in [4.69, 9.17) is 0 Å². The monoisotopic (exact) mass is 203 g/mol. The predicted octanol–water partition coefficient (Wildman–Crippen LogP) is 0.706. The molecule has 0 amide bonds. The van der Waals surface area contributed by atoms with E-state index in [9.17, 15) is 8.42 Å². The highest BCUT2D eigenvalue weighted by molar-refractivity contribution is 7.93. The molecular formula is C9H17NO2S.